The van der Waals surface area contributed by atoms with Gasteiger partial charge in [0, 0.05) is 41.6 Å². The molecule has 0 spiro atoms. The monoisotopic (exact) mass is 355 g/mol. The molecule has 7 heteroatoms. The summed E-state index contributed by atoms with van der Waals surface area (Å²) in [5.74, 6) is -0.0269. The second-order valence-electron chi connectivity index (χ2n) is 5.27. The minimum Gasteiger partial charge on any atom is -0.334 e. The van der Waals surface area contributed by atoms with E-state index in [1.165, 1.54) is 11.3 Å². The van der Waals surface area contributed by atoms with Gasteiger partial charge >= 0.3 is 0 Å². The lowest BCUT2D eigenvalue weighted by molar-refractivity contribution is 0.0704. The van der Waals surface area contributed by atoms with Crippen LogP contribution in [0.3, 0.4) is 0 Å². The molecule has 0 saturated carbocycles. The molecular formula is C15H15Cl2N3OS. The molecule has 1 amide bonds. The number of nitrogens with one attached hydrogen (secondary N) is 1. The Labute approximate surface area is 143 Å². The molecule has 0 bridgehead atoms. The summed E-state index contributed by atoms with van der Waals surface area (Å²) in [5.41, 5.74) is 1.27. The number of thiazole rings is 1. The van der Waals surface area contributed by atoms with E-state index in [2.05, 4.69) is 17.2 Å². The SMILES string of the molecule is CC1CN(C(=O)c2csc(-c3ccc(Cl)cc3Cl)n2)CCN1. The van der Waals surface area contributed by atoms with Crippen molar-refractivity contribution in [2.45, 2.75) is 13.0 Å². The summed E-state index contributed by atoms with van der Waals surface area (Å²) in [6.07, 6.45) is 0. The molecule has 4 nitrogen and oxygen atoms in total. The van der Waals surface area contributed by atoms with Crippen LogP contribution in [0.25, 0.3) is 10.6 Å². The van der Waals surface area contributed by atoms with E-state index in [0.29, 0.717) is 34.9 Å². The number of halogens is 2. The van der Waals surface area contributed by atoms with E-state index < -0.39 is 0 Å². The van der Waals surface area contributed by atoms with Crippen LogP contribution in [0.2, 0.25) is 10.0 Å². The maximum absolute atomic E-state index is 12.5. The second-order valence-corrected chi connectivity index (χ2v) is 6.97. The number of carbonyl (C=O) groups excluding carboxylic acids is 1. The average molecular weight is 356 g/mol. The number of amides is 1. The summed E-state index contributed by atoms with van der Waals surface area (Å²) < 4.78 is 0. The quantitative estimate of drug-likeness (QED) is 0.895. The van der Waals surface area contributed by atoms with Crippen molar-refractivity contribution in [2.24, 2.45) is 0 Å². The Morgan fingerprint density at radius 1 is 1.45 bits per heavy atom. The fraction of sp³-hybridized carbons (Fsp3) is 0.333. The van der Waals surface area contributed by atoms with Crippen LogP contribution < -0.4 is 5.32 Å². The summed E-state index contributed by atoms with van der Waals surface area (Å²) in [6, 6.07) is 5.58. The Kier molecular flexibility index (Phi) is 4.68. The highest BCUT2D eigenvalue weighted by Gasteiger charge is 2.23. The van der Waals surface area contributed by atoms with Gasteiger partial charge in [0.1, 0.15) is 10.7 Å². The molecule has 1 aromatic carbocycles. The van der Waals surface area contributed by atoms with Crippen molar-refractivity contribution in [3.63, 3.8) is 0 Å². The number of rotatable bonds is 2. The van der Waals surface area contributed by atoms with Crippen LogP contribution in [0.4, 0.5) is 0 Å². The van der Waals surface area contributed by atoms with Gasteiger partial charge in [0.05, 0.1) is 5.02 Å². The third kappa shape index (κ3) is 3.27. The molecule has 2 aromatic rings. The second kappa shape index (κ2) is 6.54. The lowest BCUT2D eigenvalue weighted by Gasteiger charge is -2.31. The predicted molar refractivity (Wildman–Crippen MR) is 90.9 cm³/mol. The molecule has 1 saturated heterocycles. The number of benzene rings is 1. The maximum atomic E-state index is 12.5. The van der Waals surface area contributed by atoms with Crippen molar-refractivity contribution in [3.8, 4) is 10.6 Å². The molecule has 0 radical (unpaired) electrons. The average Bonchev–Trinajstić information content (AvgIpc) is 2.96. The Morgan fingerprint density at radius 2 is 2.27 bits per heavy atom. The van der Waals surface area contributed by atoms with E-state index in [0.717, 1.165) is 17.1 Å². The Hall–Kier alpha value is -1.14. The molecule has 1 atom stereocenters. The Bertz CT molecular complexity index is 704. The Morgan fingerprint density at radius 3 is 3.00 bits per heavy atom. The highest BCUT2D eigenvalue weighted by atomic mass is 35.5. The van der Waals surface area contributed by atoms with E-state index >= 15 is 0 Å². The highest BCUT2D eigenvalue weighted by Crippen LogP contribution is 2.32. The molecule has 1 aliphatic heterocycles. The zero-order chi connectivity index (χ0) is 15.7. The third-order valence-electron chi connectivity index (χ3n) is 3.54. The van der Waals surface area contributed by atoms with Crippen LogP contribution in [-0.2, 0) is 0 Å². The smallest absolute Gasteiger partial charge is 0.273 e. The molecule has 1 unspecified atom stereocenters. The first kappa shape index (κ1) is 15.7. The topological polar surface area (TPSA) is 45.2 Å². The number of piperazine rings is 1. The van der Waals surface area contributed by atoms with E-state index in [-0.39, 0.29) is 5.91 Å². The zero-order valence-electron chi connectivity index (χ0n) is 12.0. The van der Waals surface area contributed by atoms with Gasteiger partial charge in [-0.25, -0.2) is 4.98 Å². The fourth-order valence-electron chi connectivity index (χ4n) is 2.44. The summed E-state index contributed by atoms with van der Waals surface area (Å²) in [5, 5.41) is 6.96. The van der Waals surface area contributed by atoms with Crippen molar-refractivity contribution in [1.82, 2.24) is 15.2 Å². The largest absolute Gasteiger partial charge is 0.334 e. The molecule has 1 aromatic heterocycles. The normalized spacial score (nSPS) is 18.5. The zero-order valence-corrected chi connectivity index (χ0v) is 14.3. The van der Waals surface area contributed by atoms with Crippen LogP contribution in [0, 0.1) is 0 Å². The van der Waals surface area contributed by atoms with Gasteiger partial charge in [-0.2, -0.15) is 0 Å². The lowest BCUT2D eigenvalue weighted by atomic mass is 10.2. The van der Waals surface area contributed by atoms with Gasteiger partial charge in [-0.05, 0) is 25.1 Å². The molecule has 22 heavy (non-hydrogen) atoms. The van der Waals surface area contributed by atoms with Gasteiger partial charge in [-0.3, -0.25) is 4.79 Å². The Balaban J connectivity index is 1.82. The standard InChI is InChI=1S/C15H15Cl2N3OS/c1-9-7-20(5-4-18-9)15(21)13-8-22-14(19-13)11-3-2-10(16)6-12(11)17/h2-3,6,8-9,18H,4-5,7H2,1H3. The molecule has 0 aliphatic carbocycles. The predicted octanol–water partition coefficient (Wildman–Crippen LogP) is 3.55. The van der Waals surface area contributed by atoms with E-state index in [1.54, 1.807) is 17.5 Å². The van der Waals surface area contributed by atoms with Gasteiger partial charge < -0.3 is 10.2 Å². The molecular weight excluding hydrogens is 341 g/mol. The van der Waals surface area contributed by atoms with Crippen LogP contribution in [-0.4, -0.2) is 41.5 Å². The molecule has 3 rings (SSSR count). The number of aromatic nitrogens is 1. The third-order valence-corrected chi connectivity index (χ3v) is 4.96. The van der Waals surface area contributed by atoms with Crippen molar-refractivity contribution in [3.05, 3.63) is 39.3 Å². The van der Waals surface area contributed by atoms with E-state index in [1.807, 2.05) is 11.0 Å². The first-order valence-corrected chi connectivity index (χ1v) is 8.62. The minimum absolute atomic E-state index is 0.0269. The van der Waals surface area contributed by atoms with Crippen molar-refractivity contribution in [2.75, 3.05) is 19.6 Å². The molecule has 1 fully saturated rings. The van der Waals surface area contributed by atoms with Gasteiger partial charge in [0.25, 0.3) is 5.91 Å². The van der Waals surface area contributed by atoms with Crippen LogP contribution >= 0.6 is 34.5 Å². The van der Waals surface area contributed by atoms with E-state index in [9.17, 15) is 4.79 Å². The molecule has 1 N–H and O–H groups in total. The minimum atomic E-state index is -0.0269. The van der Waals surface area contributed by atoms with Crippen LogP contribution in [0.5, 0.6) is 0 Å². The van der Waals surface area contributed by atoms with Gasteiger partial charge in [-0.1, -0.05) is 23.2 Å². The molecule has 116 valence electrons. The lowest BCUT2D eigenvalue weighted by Crippen LogP contribution is -2.51. The van der Waals surface area contributed by atoms with Gasteiger partial charge in [-0.15, -0.1) is 11.3 Å². The first-order valence-electron chi connectivity index (χ1n) is 6.98. The summed E-state index contributed by atoms with van der Waals surface area (Å²) in [7, 11) is 0. The van der Waals surface area contributed by atoms with Crippen LogP contribution in [0.1, 0.15) is 17.4 Å². The highest BCUT2D eigenvalue weighted by molar-refractivity contribution is 7.13. The van der Waals surface area contributed by atoms with Crippen molar-refractivity contribution < 1.29 is 4.79 Å². The fourth-order valence-corrected chi connectivity index (χ4v) is 3.82. The van der Waals surface area contributed by atoms with Gasteiger partial charge in [0.15, 0.2) is 0 Å². The molecule has 1 aliphatic rings. The number of nitrogens with zero attached hydrogens (tertiary/aromatic N) is 2. The van der Waals surface area contributed by atoms with Gasteiger partial charge in [0.2, 0.25) is 0 Å². The number of hydrogen-bond donors (Lipinski definition) is 1. The number of hydrogen-bond acceptors (Lipinski definition) is 4. The summed E-state index contributed by atoms with van der Waals surface area (Å²) in [4.78, 5) is 18.8. The summed E-state index contributed by atoms with van der Waals surface area (Å²) in [6.45, 7) is 4.29. The van der Waals surface area contributed by atoms with Crippen molar-refractivity contribution in [1.29, 1.82) is 0 Å². The van der Waals surface area contributed by atoms with Crippen molar-refractivity contribution >= 4 is 40.4 Å². The summed E-state index contributed by atoms with van der Waals surface area (Å²) >= 11 is 13.5. The number of carbonyl (C=O) groups is 1. The maximum Gasteiger partial charge on any atom is 0.273 e. The van der Waals surface area contributed by atoms with Crippen LogP contribution in [0.15, 0.2) is 23.6 Å². The first-order chi connectivity index (χ1) is 10.5. The molecule has 2 heterocycles. The van der Waals surface area contributed by atoms with E-state index in [4.69, 9.17) is 23.2 Å².